The van der Waals surface area contributed by atoms with Crippen LogP contribution in [-0.2, 0) is 11.3 Å². The van der Waals surface area contributed by atoms with Gasteiger partial charge in [0, 0.05) is 23.6 Å². The predicted molar refractivity (Wildman–Crippen MR) is 119 cm³/mol. The topological polar surface area (TPSA) is 96.5 Å². The average Bonchev–Trinajstić information content (AvgIpc) is 3.21. The average molecular weight is 427 g/mol. The van der Waals surface area contributed by atoms with Crippen LogP contribution in [0.3, 0.4) is 0 Å². The molecule has 152 valence electrons. The maximum Gasteiger partial charge on any atom is 0.234 e. The van der Waals surface area contributed by atoms with Crippen molar-refractivity contribution in [1.82, 2.24) is 19.7 Å². The first-order valence-corrected chi connectivity index (χ1v) is 10.5. The van der Waals surface area contributed by atoms with Crippen molar-refractivity contribution >= 4 is 23.4 Å². The van der Waals surface area contributed by atoms with Crippen LogP contribution in [0.15, 0.2) is 84.3 Å². The third kappa shape index (κ3) is 5.15. The van der Waals surface area contributed by atoms with Gasteiger partial charge in [-0.1, -0.05) is 48.2 Å². The van der Waals surface area contributed by atoms with E-state index >= 15 is 0 Å². The maximum absolute atomic E-state index is 12.4. The molecule has 8 heteroatoms. The van der Waals surface area contributed by atoms with Crippen LogP contribution < -0.4 is 5.32 Å². The Morgan fingerprint density at radius 3 is 2.71 bits per heavy atom. The first-order chi connectivity index (χ1) is 15.2. The number of nitrogens with one attached hydrogen (secondary N) is 1. The van der Waals surface area contributed by atoms with Gasteiger partial charge in [-0.15, -0.1) is 10.2 Å². The summed E-state index contributed by atoms with van der Waals surface area (Å²) in [6.45, 7) is 0.576. The molecule has 2 heterocycles. The zero-order chi connectivity index (χ0) is 21.5. The predicted octanol–water partition coefficient (Wildman–Crippen LogP) is 3.99. The number of amides is 1. The van der Waals surface area contributed by atoms with E-state index in [-0.39, 0.29) is 11.7 Å². The molecule has 1 N–H and O–H groups in total. The Balaban J connectivity index is 1.53. The molecule has 31 heavy (non-hydrogen) atoms. The molecule has 0 fully saturated rings. The third-order valence-corrected chi connectivity index (χ3v) is 5.39. The van der Waals surface area contributed by atoms with E-state index in [0.29, 0.717) is 28.8 Å². The fourth-order valence-electron chi connectivity index (χ4n) is 3.01. The minimum Gasteiger partial charge on any atom is -0.325 e. The van der Waals surface area contributed by atoms with Crippen molar-refractivity contribution in [2.45, 2.75) is 11.7 Å². The molecule has 0 saturated carbocycles. The summed E-state index contributed by atoms with van der Waals surface area (Å²) >= 11 is 1.31. The summed E-state index contributed by atoms with van der Waals surface area (Å²) in [6.07, 6.45) is 3.46. The summed E-state index contributed by atoms with van der Waals surface area (Å²) in [5.41, 5.74) is 3.04. The summed E-state index contributed by atoms with van der Waals surface area (Å²) < 4.78 is 1.99. The van der Waals surface area contributed by atoms with E-state index in [1.54, 1.807) is 36.7 Å². The van der Waals surface area contributed by atoms with Gasteiger partial charge < -0.3 is 5.32 Å². The van der Waals surface area contributed by atoms with Crippen molar-refractivity contribution in [3.63, 3.8) is 0 Å². The summed E-state index contributed by atoms with van der Waals surface area (Å²) in [6, 6.07) is 22.7. The van der Waals surface area contributed by atoms with Crippen LogP contribution in [0.2, 0.25) is 0 Å². The van der Waals surface area contributed by atoms with Gasteiger partial charge in [0.25, 0.3) is 0 Å². The number of nitrogens with zero attached hydrogens (tertiary/aromatic N) is 5. The number of aromatic nitrogens is 4. The number of anilines is 1. The maximum atomic E-state index is 12.4. The molecule has 0 aliphatic carbocycles. The highest BCUT2D eigenvalue weighted by Crippen LogP contribution is 2.25. The molecule has 0 saturated heterocycles. The lowest BCUT2D eigenvalue weighted by atomic mass is 10.2. The van der Waals surface area contributed by atoms with Gasteiger partial charge in [-0.2, -0.15) is 5.26 Å². The van der Waals surface area contributed by atoms with Gasteiger partial charge >= 0.3 is 0 Å². The van der Waals surface area contributed by atoms with Crippen molar-refractivity contribution in [2.75, 3.05) is 11.1 Å². The highest BCUT2D eigenvalue weighted by Gasteiger charge is 2.16. The molecule has 0 aliphatic rings. The van der Waals surface area contributed by atoms with Gasteiger partial charge in [-0.3, -0.25) is 14.3 Å². The quantitative estimate of drug-likeness (QED) is 0.449. The van der Waals surface area contributed by atoms with E-state index in [1.807, 2.05) is 47.0 Å². The fraction of sp³-hybridized carbons (Fsp3) is 0.0870. The van der Waals surface area contributed by atoms with Crippen molar-refractivity contribution < 1.29 is 4.79 Å². The Labute approximate surface area is 183 Å². The molecule has 0 aliphatic heterocycles. The molecular formula is C23H18N6OS. The van der Waals surface area contributed by atoms with E-state index in [4.69, 9.17) is 5.26 Å². The minimum atomic E-state index is -0.183. The lowest BCUT2D eigenvalue weighted by Gasteiger charge is -2.10. The molecule has 0 radical (unpaired) electrons. The molecule has 0 spiro atoms. The number of hydrogen-bond donors (Lipinski definition) is 1. The Hall–Kier alpha value is -3.96. The van der Waals surface area contributed by atoms with Crippen molar-refractivity contribution in [1.29, 1.82) is 5.26 Å². The van der Waals surface area contributed by atoms with E-state index in [9.17, 15) is 4.79 Å². The van der Waals surface area contributed by atoms with Crippen LogP contribution in [0.4, 0.5) is 5.69 Å². The molecular weight excluding hydrogens is 408 g/mol. The lowest BCUT2D eigenvalue weighted by Crippen LogP contribution is -2.15. The van der Waals surface area contributed by atoms with Crippen LogP contribution >= 0.6 is 11.8 Å². The molecule has 0 bridgehead atoms. The monoisotopic (exact) mass is 426 g/mol. The number of rotatable bonds is 7. The normalized spacial score (nSPS) is 10.4. The summed E-state index contributed by atoms with van der Waals surface area (Å²) in [5.74, 6) is 0.676. The Morgan fingerprint density at radius 2 is 1.94 bits per heavy atom. The minimum absolute atomic E-state index is 0.163. The number of hydrogen-bond acceptors (Lipinski definition) is 6. The first-order valence-electron chi connectivity index (χ1n) is 9.53. The van der Waals surface area contributed by atoms with Gasteiger partial charge in [-0.25, -0.2) is 0 Å². The molecule has 0 atom stereocenters. The Morgan fingerprint density at radius 1 is 1.06 bits per heavy atom. The molecule has 4 aromatic rings. The van der Waals surface area contributed by atoms with E-state index in [0.717, 1.165) is 11.1 Å². The van der Waals surface area contributed by atoms with E-state index in [2.05, 4.69) is 26.6 Å². The van der Waals surface area contributed by atoms with Gasteiger partial charge in [0.2, 0.25) is 5.91 Å². The van der Waals surface area contributed by atoms with Gasteiger partial charge in [-0.05, 0) is 35.9 Å². The van der Waals surface area contributed by atoms with Crippen LogP contribution in [0, 0.1) is 11.3 Å². The third-order valence-electron chi connectivity index (χ3n) is 4.43. The molecule has 2 aromatic carbocycles. The number of pyridine rings is 1. The zero-order valence-electron chi connectivity index (χ0n) is 16.5. The summed E-state index contributed by atoms with van der Waals surface area (Å²) in [5, 5.41) is 21.1. The van der Waals surface area contributed by atoms with Crippen molar-refractivity contribution in [3.05, 3.63) is 90.3 Å². The summed E-state index contributed by atoms with van der Waals surface area (Å²) in [7, 11) is 0. The number of carbonyl (C=O) groups is 1. The molecule has 2 aromatic heterocycles. The standard InChI is InChI=1S/C23H18N6OS/c24-13-18-8-4-10-20(12-18)26-21(30)16-31-23-28-27-22(19-9-5-11-25-14-19)29(23)15-17-6-2-1-3-7-17/h1-12,14H,15-16H2,(H,26,30). The molecule has 7 nitrogen and oxygen atoms in total. The van der Waals surface area contributed by atoms with E-state index < -0.39 is 0 Å². The number of benzene rings is 2. The smallest absolute Gasteiger partial charge is 0.234 e. The summed E-state index contributed by atoms with van der Waals surface area (Å²) in [4.78, 5) is 16.6. The highest BCUT2D eigenvalue weighted by atomic mass is 32.2. The number of thioether (sulfide) groups is 1. The van der Waals surface area contributed by atoms with Gasteiger partial charge in [0.05, 0.1) is 23.9 Å². The first kappa shape index (κ1) is 20.3. The SMILES string of the molecule is N#Cc1cccc(NC(=O)CSc2nnc(-c3cccnc3)n2Cc2ccccc2)c1. The fourth-order valence-corrected chi connectivity index (χ4v) is 3.74. The largest absolute Gasteiger partial charge is 0.325 e. The Kier molecular flexibility index (Phi) is 6.35. The van der Waals surface area contributed by atoms with Crippen molar-refractivity contribution in [3.8, 4) is 17.5 Å². The van der Waals surface area contributed by atoms with E-state index in [1.165, 1.54) is 11.8 Å². The van der Waals surface area contributed by atoms with Crippen molar-refractivity contribution in [2.24, 2.45) is 0 Å². The highest BCUT2D eigenvalue weighted by molar-refractivity contribution is 7.99. The Bertz CT molecular complexity index is 1220. The number of carbonyl (C=O) groups excluding carboxylic acids is 1. The zero-order valence-corrected chi connectivity index (χ0v) is 17.3. The second-order valence-electron chi connectivity index (χ2n) is 6.65. The second-order valence-corrected chi connectivity index (χ2v) is 7.59. The van der Waals surface area contributed by atoms with Crippen LogP contribution in [0.25, 0.3) is 11.4 Å². The van der Waals surface area contributed by atoms with Gasteiger partial charge in [0.15, 0.2) is 11.0 Å². The number of nitriles is 1. The molecule has 4 rings (SSSR count). The van der Waals surface area contributed by atoms with Gasteiger partial charge in [0.1, 0.15) is 0 Å². The van der Waals surface area contributed by atoms with Crippen LogP contribution in [0.1, 0.15) is 11.1 Å². The molecule has 0 unspecified atom stereocenters. The lowest BCUT2D eigenvalue weighted by molar-refractivity contribution is -0.113. The molecule has 1 amide bonds. The second kappa shape index (κ2) is 9.69. The van der Waals surface area contributed by atoms with Crippen LogP contribution in [0.5, 0.6) is 0 Å². The van der Waals surface area contributed by atoms with Crippen LogP contribution in [-0.4, -0.2) is 31.4 Å².